The number of carbonyl (C=O) groups excluding carboxylic acids is 1. The molecule has 5 aromatic rings. The molecule has 11 nitrogen and oxygen atoms in total. The highest BCUT2D eigenvalue weighted by Gasteiger charge is 2.35. The SMILES string of the molecule is COc1ccc(-c2cc(=O)c3c(O)cc4c(c3o2)C(c2cc3cc5c(cc3[nH]c2=O)OCO5)CC(=O)O4)cc1O. The number of rotatable bonds is 3. The number of esters is 1. The van der Waals surface area contributed by atoms with Crippen molar-refractivity contribution < 1.29 is 38.4 Å². The highest BCUT2D eigenvalue weighted by Crippen LogP contribution is 2.46. The Hall–Kier alpha value is -5.45. The molecule has 0 aliphatic carbocycles. The molecule has 3 N–H and O–H groups in total. The second-order valence-corrected chi connectivity index (χ2v) is 9.45. The lowest BCUT2D eigenvalue weighted by Gasteiger charge is -2.25. The van der Waals surface area contributed by atoms with E-state index in [1.165, 1.54) is 31.4 Å². The van der Waals surface area contributed by atoms with Crippen molar-refractivity contribution in [1.82, 2.24) is 4.98 Å². The Morgan fingerprint density at radius 2 is 1.73 bits per heavy atom. The Morgan fingerprint density at radius 3 is 2.50 bits per heavy atom. The lowest BCUT2D eigenvalue weighted by Crippen LogP contribution is -2.26. The molecule has 0 spiro atoms. The van der Waals surface area contributed by atoms with E-state index in [2.05, 4.69) is 4.98 Å². The number of aromatic amines is 1. The molecule has 0 radical (unpaired) electrons. The molecular weight excluding hydrogens is 522 g/mol. The van der Waals surface area contributed by atoms with Gasteiger partial charge in [-0.15, -0.1) is 0 Å². The molecule has 3 aromatic carbocycles. The molecule has 0 fully saturated rings. The predicted molar refractivity (Wildman–Crippen MR) is 141 cm³/mol. The highest BCUT2D eigenvalue weighted by atomic mass is 16.7. The predicted octanol–water partition coefficient (Wildman–Crippen LogP) is 3.89. The van der Waals surface area contributed by atoms with Crippen LogP contribution in [-0.4, -0.2) is 35.1 Å². The van der Waals surface area contributed by atoms with Gasteiger partial charge in [-0.1, -0.05) is 0 Å². The van der Waals surface area contributed by atoms with E-state index in [4.69, 9.17) is 23.4 Å². The molecular formula is C29H19NO10. The van der Waals surface area contributed by atoms with Crippen molar-refractivity contribution in [3.63, 3.8) is 0 Å². The fourth-order valence-corrected chi connectivity index (χ4v) is 5.28. The number of methoxy groups -OCH3 is 1. The summed E-state index contributed by atoms with van der Waals surface area (Å²) in [6.45, 7) is 0.0629. The van der Waals surface area contributed by atoms with Crippen molar-refractivity contribution in [3.8, 4) is 45.8 Å². The minimum Gasteiger partial charge on any atom is -0.507 e. The Bertz CT molecular complexity index is 2020. The van der Waals surface area contributed by atoms with Gasteiger partial charge >= 0.3 is 5.97 Å². The van der Waals surface area contributed by atoms with Gasteiger partial charge in [0.15, 0.2) is 28.4 Å². The van der Waals surface area contributed by atoms with Crippen LogP contribution < -0.4 is 29.9 Å². The van der Waals surface area contributed by atoms with Crippen molar-refractivity contribution in [2.24, 2.45) is 0 Å². The minimum atomic E-state index is -0.874. The fourth-order valence-electron chi connectivity index (χ4n) is 5.28. The van der Waals surface area contributed by atoms with Crippen molar-refractivity contribution in [1.29, 1.82) is 0 Å². The Balaban J connectivity index is 1.48. The van der Waals surface area contributed by atoms with E-state index in [1.807, 2.05) is 0 Å². The molecule has 11 heteroatoms. The summed E-state index contributed by atoms with van der Waals surface area (Å²) in [5.74, 6) is -0.817. The summed E-state index contributed by atoms with van der Waals surface area (Å²) in [6, 6.07) is 11.9. The van der Waals surface area contributed by atoms with Crippen molar-refractivity contribution in [2.45, 2.75) is 12.3 Å². The molecule has 2 aliphatic heterocycles. The Labute approximate surface area is 223 Å². The fraction of sp³-hybridized carbons (Fsp3) is 0.138. The van der Waals surface area contributed by atoms with E-state index in [9.17, 15) is 24.6 Å². The van der Waals surface area contributed by atoms with E-state index < -0.39 is 28.6 Å². The summed E-state index contributed by atoms with van der Waals surface area (Å²) in [7, 11) is 1.41. The number of hydrogen-bond donors (Lipinski definition) is 3. The topological polar surface area (TPSA) is 158 Å². The zero-order valence-electron chi connectivity index (χ0n) is 20.8. The summed E-state index contributed by atoms with van der Waals surface area (Å²) in [5, 5.41) is 21.5. The van der Waals surface area contributed by atoms with Crippen LogP contribution in [0.25, 0.3) is 33.2 Å². The van der Waals surface area contributed by atoms with Crippen LogP contribution in [0.1, 0.15) is 23.5 Å². The van der Waals surface area contributed by atoms with Crippen LogP contribution in [0, 0.1) is 0 Å². The molecule has 1 atom stereocenters. The van der Waals surface area contributed by atoms with Gasteiger partial charge in [0.2, 0.25) is 6.79 Å². The highest BCUT2D eigenvalue weighted by molar-refractivity contribution is 5.93. The van der Waals surface area contributed by atoms with Crippen LogP contribution in [0.4, 0.5) is 0 Å². The van der Waals surface area contributed by atoms with Gasteiger partial charge < -0.3 is 38.6 Å². The number of fused-ring (bicyclic) bond motifs is 5. The maximum absolute atomic E-state index is 13.3. The quantitative estimate of drug-likeness (QED) is 0.226. The molecule has 0 saturated heterocycles. The van der Waals surface area contributed by atoms with E-state index in [0.29, 0.717) is 28.0 Å². The van der Waals surface area contributed by atoms with Crippen molar-refractivity contribution >= 4 is 27.8 Å². The number of hydrogen-bond acceptors (Lipinski definition) is 10. The van der Waals surface area contributed by atoms with Crippen molar-refractivity contribution in [3.05, 3.63) is 80.2 Å². The lowest BCUT2D eigenvalue weighted by atomic mass is 9.85. The number of pyridine rings is 1. The molecule has 200 valence electrons. The monoisotopic (exact) mass is 541 g/mol. The van der Waals surface area contributed by atoms with Gasteiger partial charge in [-0.3, -0.25) is 14.4 Å². The van der Waals surface area contributed by atoms with Crippen LogP contribution in [0.3, 0.4) is 0 Å². The largest absolute Gasteiger partial charge is 0.507 e. The first-order valence-corrected chi connectivity index (χ1v) is 12.2. The van der Waals surface area contributed by atoms with E-state index in [-0.39, 0.29) is 58.3 Å². The second-order valence-electron chi connectivity index (χ2n) is 9.45. The van der Waals surface area contributed by atoms with Gasteiger partial charge in [0.25, 0.3) is 5.56 Å². The number of H-pyrrole nitrogens is 1. The number of nitrogens with one attached hydrogen (secondary N) is 1. The number of aromatic nitrogens is 1. The van der Waals surface area contributed by atoms with Gasteiger partial charge in [-0.25, -0.2) is 0 Å². The summed E-state index contributed by atoms with van der Waals surface area (Å²) in [4.78, 5) is 42.1. The summed E-state index contributed by atoms with van der Waals surface area (Å²) < 4.78 is 27.5. The van der Waals surface area contributed by atoms with Gasteiger partial charge in [-0.2, -0.15) is 0 Å². The summed E-state index contributed by atoms with van der Waals surface area (Å²) in [6.07, 6.45) is -0.219. The number of carbonyl (C=O) groups is 1. The maximum Gasteiger partial charge on any atom is 0.312 e. The number of ether oxygens (including phenoxy) is 4. The molecule has 0 bridgehead atoms. The van der Waals surface area contributed by atoms with Gasteiger partial charge in [0, 0.05) is 46.2 Å². The Morgan fingerprint density at radius 1 is 0.925 bits per heavy atom. The third-order valence-corrected chi connectivity index (χ3v) is 7.13. The third-order valence-electron chi connectivity index (χ3n) is 7.13. The lowest BCUT2D eigenvalue weighted by molar-refractivity contribution is -0.135. The standard InChI is InChI=1S/C29H19NO10/c1-36-20-3-2-12(5-17(20)31)21-9-18(32)27-19(33)10-24-26(28(27)40-21)14(7-25(34)39-24)15-4-13-6-22-23(38-11-37-22)8-16(13)30-29(15)35/h2-6,8-10,14,31,33H,7,11H2,1H3,(H,30,35). The van der Waals surface area contributed by atoms with E-state index in [1.54, 1.807) is 24.3 Å². The summed E-state index contributed by atoms with van der Waals surface area (Å²) >= 11 is 0. The number of benzene rings is 3. The van der Waals surface area contributed by atoms with Crippen LogP contribution in [-0.2, 0) is 4.79 Å². The third kappa shape index (κ3) is 3.55. The molecule has 4 heterocycles. The normalized spacial score (nSPS) is 15.7. The Kier molecular flexibility index (Phi) is 5.04. The molecule has 0 amide bonds. The van der Waals surface area contributed by atoms with Gasteiger partial charge in [-0.05, 0) is 30.3 Å². The number of aromatic hydroxyl groups is 2. The van der Waals surface area contributed by atoms with Crippen LogP contribution >= 0.6 is 0 Å². The van der Waals surface area contributed by atoms with Crippen LogP contribution in [0.5, 0.6) is 34.5 Å². The van der Waals surface area contributed by atoms with Crippen LogP contribution in [0.15, 0.2) is 62.5 Å². The number of phenolic OH excluding ortho intramolecular Hbond substituents is 2. The van der Waals surface area contributed by atoms with Crippen molar-refractivity contribution in [2.75, 3.05) is 13.9 Å². The molecule has 0 saturated carbocycles. The molecule has 7 rings (SSSR count). The first kappa shape index (κ1) is 23.7. The van der Waals surface area contributed by atoms with Crippen LogP contribution in [0.2, 0.25) is 0 Å². The first-order chi connectivity index (χ1) is 19.3. The molecule has 2 aromatic heterocycles. The second kappa shape index (κ2) is 8.53. The molecule has 1 unspecified atom stereocenters. The maximum atomic E-state index is 13.3. The zero-order chi connectivity index (χ0) is 27.7. The van der Waals surface area contributed by atoms with Gasteiger partial charge in [0.1, 0.15) is 28.2 Å². The van der Waals surface area contributed by atoms with E-state index in [0.717, 1.165) is 0 Å². The average Bonchev–Trinajstić information content (AvgIpc) is 3.37. The van der Waals surface area contributed by atoms with E-state index >= 15 is 0 Å². The molecule has 40 heavy (non-hydrogen) atoms. The number of phenols is 2. The smallest absolute Gasteiger partial charge is 0.312 e. The average molecular weight is 541 g/mol. The summed E-state index contributed by atoms with van der Waals surface area (Å²) in [5.41, 5.74) is 0.287. The minimum absolute atomic E-state index is 0.0330. The molecule has 2 aliphatic rings. The first-order valence-electron chi connectivity index (χ1n) is 12.2. The van der Waals surface area contributed by atoms with Gasteiger partial charge in [0.05, 0.1) is 19.0 Å². The zero-order valence-corrected chi connectivity index (χ0v) is 20.8.